The molecule has 0 saturated heterocycles. The van der Waals surface area contributed by atoms with Crippen LogP contribution < -0.4 is 4.90 Å². The number of benzene rings is 6. The third-order valence-electron chi connectivity index (χ3n) is 8.09. The number of furan rings is 1. The molecule has 0 saturated carbocycles. The van der Waals surface area contributed by atoms with Crippen LogP contribution in [0.25, 0.3) is 55.0 Å². The van der Waals surface area contributed by atoms with Crippen LogP contribution in [0.4, 0.5) is 17.1 Å². The van der Waals surface area contributed by atoms with Crippen LogP contribution in [0.5, 0.6) is 0 Å². The molecular formula is C37H27NO. The maximum atomic E-state index is 6.84. The van der Waals surface area contributed by atoms with Crippen molar-refractivity contribution in [1.29, 1.82) is 0 Å². The van der Waals surface area contributed by atoms with E-state index in [-0.39, 0.29) is 0 Å². The second-order valence-corrected chi connectivity index (χ2v) is 10.4. The minimum atomic E-state index is 0.926. The quantitative estimate of drug-likeness (QED) is 0.233. The molecule has 6 aromatic carbocycles. The largest absolute Gasteiger partial charge is 0.454 e. The van der Waals surface area contributed by atoms with Crippen LogP contribution >= 0.6 is 0 Å². The Labute approximate surface area is 227 Å². The monoisotopic (exact) mass is 501 g/mol. The summed E-state index contributed by atoms with van der Waals surface area (Å²) < 4.78 is 6.84. The molecule has 39 heavy (non-hydrogen) atoms. The molecule has 2 nitrogen and oxygen atoms in total. The van der Waals surface area contributed by atoms with Crippen molar-refractivity contribution in [2.75, 3.05) is 4.90 Å². The summed E-state index contributed by atoms with van der Waals surface area (Å²) >= 11 is 0. The van der Waals surface area contributed by atoms with E-state index in [1.165, 1.54) is 49.4 Å². The predicted molar refractivity (Wildman–Crippen MR) is 164 cm³/mol. The summed E-state index contributed by atoms with van der Waals surface area (Å²) in [5.41, 5.74) is 11.7. The molecule has 0 bridgehead atoms. The molecule has 7 aromatic rings. The van der Waals surface area contributed by atoms with Crippen LogP contribution in [-0.4, -0.2) is 0 Å². The van der Waals surface area contributed by atoms with Gasteiger partial charge in [-0.15, -0.1) is 0 Å². The Hall–Kier alpha value is -4.82. The highest BCUT2D eigenvalue weighted by atomic mass is 16.3. The topological polar surface area (TPSA) is 16.4 Å². The summed E-state index contributed by atoms with van der Waals surface area (Å²) in [6, 6.07) is 43.6. The lowest BCUT2D eigenvalue weighted by Crippen LogP contribution is -2.10. The van der Waals surface area contributed by atoms with Gasteiger partial charge in [0.15, 0.2) is 5.58 Å². The number of hydrogen-bond acceptors (Lipinski definition) is 2. The highest BCUT2D eigenvalue weighted by Gasteiger charge is 2.28. The van der Waals surface area contributed by atoms with E-state index in [4.69, 9.17) is 4.42 Å². The maximum absolute atomic E-state index is 6.84. The summed E-state index contributed by atoms with van der Waals surface area (Å²) in [5.74, 6) is 0. The standard InChI is InChI=1S/C37H27NO/c1-2-12-24-13-9-19-28-29-20-11-22-32-35(29)36-34-25(14-10-21-30(34)33(24)28)23-31(37(36)39-32)38(26-15-5-3-6-16-26)27-17-7-4-8-18-27/h3-11,13-23H,2,12H2,1H3. The Morgan fingerprint density at radius 1 is 0.590 bits per heavy atom. The summed E-state index contributed by atoms with van der Waals surface area (Å²) in [7, 11) is 0. The lowest BCUT2D eigenvalue weighted by atomic mass is 9.88. The van der Waals surface area contributed by atoms with Crippen LogP contribution in [0.15, 0.2) is 126 Å². The third-order valence-corrected chi connectivity index (χ3v) is 8.09. The van der Waals surface area contributed by atoms with E-state index >= 15 is 0 Å². The van der Waals surface area contributed by atoms with E-state index in [0.29, 0.717) is 0 Å². The molecule has 0 radical (unpaired) electrons. The lowest BCUT2D eigenvalue weighted by Gasteiger charge is -2.26. The number of fused-ring (bicyclic) bond motifs is 3. The maximum Gasteiger partial charge on any atom is 0.160 e. The fourth-order valence-corrected chi connectivity index (χ4v) is 6.55. The van der Waals surface area contributed by atoms with E-state index in [0.717, 1.165) is 41.1 Å². The Morgan fingerprint density at radius 3 is 2.00 bits per heavy atom. The van der Waals surface area contributed by atoms with Gasteiger partial charge in [0, 0.05) is 27.5 Å². The van der Waals surface area contributed by atoms with Crippen molar-refractivity contribution in [3.63, 3.8) is 0 Å². The van der Waals surface area contributed by atoms with Gasteiger partial charge in [-0.1, -0.05) is 98.3 Å². The highest BCUT2D eigenvalue weighted by Crippen LogP contribution is 2.53. The number of hydrogen-bond donors (Lipinski definition) is 0. The minimum Gasteiger partial charge on any atom is -0.454 e. The average molecular weight is 502 g/mol. The summed E-state index contributed by atoms with van der Waals surface area (Å²) in [6.45, 7) is 2.26. The van der Waals surface area contributed by atoms with Crippen LogP contribution in [0.1, 0.15) is 18.9 Å². The van der Waals surface area contributed by atoms with Crippen LogP contribution in [0, 0.1) is 0 Å². The van der Waals surface area contributed by atoms with E-state index in [1.54, 1.807) is 0 Å². The van der Waals surface area contributed by atoms with Gasteiger partial charge in [0.25, 0.3) is 0 Å². The molecule has 0 unspecified atom stereocenters. The molecule has 0 N–H and O–H groups in total. The van der Waals surface area contributed by atoms with Crippen molar-refractivity contribution in [2.24, 2.45) is 0 Å². The molecule has 0 amide bonds. The summed E-state index contributed by atoms with van der Waals surface area (Å²) in [6.07, 6.45) is 2.17. The number of nitrogens with zero attached hydrogens (tertiary/aromatic N) is 1. The van der Waals surface area contributed by atoms with Gasteiger partial charge in [-0.25, -0.2) is 0 Å². The molecule has 0 spiro atoms. The zero-order valence-corrected chi connectivity index (χ0v) is 21.8. The first-order valence-electron chi connectivity index (χ1n) is 13.8. The normalized spacial score (nSPS) is 11.9. The van der Waals surface area contributed by atoms with Crippen molar-refractivity contribution in [3.8, 4) is 22.3 Å². The first-order chi connectivity index (χ1) is 19.3. The molecule has 1 aliphatic carbocycles. The third kappa shape index (κ3) is 3.21. The van der Waals surface area contributed by atoms with Gasteiger partial charge < -0.3 is 9.32 Å². The molecule has 1 aromatic heterocycles. The Kier molecular flexibility index (Phi) is 4.90. The smallest absolute Gasteiger partial charge is 0.160 e. The van der Waals surface area contributed by atoms with Gasteiger partial charge in [-0.3, -0.25) is 0 Å². The van der Waals surface area contributed by atoms with E-state index in [2.05, 4.69) is 133 Å². The molecule has 0 atom stereocenters. The summed E-state index contributed by atoms with van der Waals surface area (Å²) in [5, 5.41) is 4.92. The zero-order chi connectivity index (χ0) is 25.9. The molecule has 2 heteroatoms. The van der Waals surface area contributed by atoms with Gasteiger partial charge in [0.1, 0.15) is 5.58 Å². The highest BCUT2D eigenvalue weighted by molar-refractivity contribution is 6.31. The molecule has 1 aliphatic rings. The van der Waals surface area contributed by atoms with Crippen molar-refractivity contribution >= 4 is 49.8 Å². The minimum absolute atomic E-state index is 0.926. The number of para-hydroxylation sites is 2. The number of rotatable bonds is 5. The first kappa shape index (κ1) is 22.2. The van der Waals surface area contributed by atoms with Crippen molar-refractivity contribution in [2.45, 2.75) is 19.8 Å². The lowest BCUT2D eigenvalue weighted by molar-refractivity contribution is 0.669. The van der Waals surface area contributed by atoms with Crippen molar-refractivity contribution < 1.29 is 4.42 Å². The van der Waals surface area contributed by atoms with Gasteiger partial charge in [-0.2, -0.15) is 0 Å². The van der Waals surface area contributed by atoms with Crippen molar-refractivity contribution in [1.82, 2.24) is 0 Å². The Balaban J connectivity index is 1.57. The molecule has 0 fully saturated rings. The predicted octanol–water partition coefficient (Wildman–Crippen LogP) is 10.8. The van der Waals surface area contributed by atoms with E-state index < -0.39 is 0 Å². The summed E-state index contributed by atoms with van der Waals surface area (Å²) in [4.78, 5) is 2.32. The second-order valence-electron chi connectivity index (χ2n) is 10.4. The van der Waals surface area contributed by atoms with E-state index in [9.17, 15) is 0 Å². The van der Waals surface area contributed by atoms with Gasteiger partial charge in [0.05, 0.1) is 5.69 Å². The number of anilines is 3. The average Bonchev–Trinajstić information content (AvgIpc) is 3.32. The van der Waals surface area contributed by atoms with Crippen LogP contribution in [0.2, 0.25) is 0 Å². The van der Waals surface area contributed by atoms with Gasteiger partial charge in [-0.05, 0) is 76.0 Å². The molecular weight excluding hydrogens is 474 g/mol. The molecule has 186 valence electrons. The van der Waals surface area contributed by atoms with Gasteiger partial charge >= 0.3 is 0 Å². The van der Waals surface area contributed by atoms with Crippen LogP contribution in [-0.2, 0) is 6.42 Å². The molecule has 8 rings (SSSR count). The Morgan fingerprint density at radius 2 is 1.26 bits per heavy atom. The Bertz CT molecular complexity index is 1980. The molecule has 1 heterocycles. The SMILES string of the molecule is CCCc1cccc2c1-c1cccc3cc(N(c4ccccc4)c4ccccc4)c4oc5cccc-2c5c4c13. The van der Waals surface area contributed by atoms with Gasteiger partial charge in [0.2, 0.25) is 0 Å². The fraction of sp³-hybridized carbons (Fsp3) is 0.0811. The first-order valence-corrected chi connectivity index (χ1v) is 13.8. The molecule has 0 aliphatic heterocycles. The number of aryl methyl sites for hydroxylation is 1. The second kappa shape index (κ2) is 8.61. The van der Waals surface area contributed by atoms with Crippen molar-refractivity contribution in [3.05, 3.63) is 127 Å². The fourth-order valence-electron chi connectivity index (χ4n) is 6.55. The van der Waals surface area contributed by atoms with Crippen LogP contribution in [0.3, 0.4) is 0 Å². The van der Waals surface area contributed by atoms with E-state index in [1.807, 2.05) is 0 Å². The zero-order valence-electron chi connectivity index (χ0n) is 21.8.